The fraction of sp³-hybridized carbons (Fsp3) is 0.235. The van der Waals surface area contributed by atoms with Crippen LogP contribution in [0.4, 0.5) is 10.2 Å². The van der Waals surface area contributed by atoms with E-state index < -0.39 is 0 Å². The van der Waals surface area contributed by atoms with Gasteiger partial charge in [0.25, 0.3) is 0 Å². The van der Waals surface area contributed by atoms with Gasteiger partial charge in [-0.1, -0.05) is 5.16 Å². The van der Waals surface area contributed by atoms with Crippen LogP contribution in [-0.4, -0.2) is 20.6 Å². The lowest BCUT2D eigenvalue weighted by Gasteiger charge is -2.08. The predicted molar refractivity (Wildman–Crippen MR) is 86.8 cm³/mol. The summed E-state index contributed by atoms with van der Waals surface area (Å²) in [6, 6.07) is 6.50. The molecule has 24 heavy (non-hydrogen) atoms. The van der Waals surface area contributed by atoms with Crippen LogP contribution in [0.1, 0.15) is 17.7 Å². The van der Waals surface area contributed by atoms with Crippen molar-refractivity contribution in [2.45, 2.75) is 26.8 Å². The summed E-state index contributed by atoms with van der Waals surface area (Å²) in [5.41, 5.74) is 1.37. The molecule has 1 aromatic carbocycles. The van der Waals surface area contributed by atoms with Gasteiger partial charge in [0, 0.05) is 37.0 Å². The van der Waals surface area contributed by atoms with Crippen LogP contribution >= 0.6 is 0 Å². The normalized spacial score (nSPS) is 10.8. The molecule has 0 saturated carbocycles. The number of aryl methyl sites for hydroxylation is 3. The number of nitrogens with one attached hydrogen (secondary N) is 1. The molecule has 124 valence electrons. The molecule has 7 heteroatoms. The second-order valence-electron chi connectivity index (χ2n) is 5.53. The highest BCUT2D eigenvalue weighted by Gasteiger charge is 2.11. The number of anilines is 1. The van der Waals surface area contributed by atoms with Gasteiger partial charge in [0.1, 0.15) is 17.4 Å². The van der Waals surface area contributed by atoms with E-state index in [1.54, 1.807) is 44.4 Å². The third kappa shape index (κ3) is 3.51. The van der Waals surface area contributed by atoms with Crippen molar-refractivity contribution in [3.8, 4) is 11.4 Å². The monoisotopic (exact) mass is 328 g/mol. The summed E-state index contributed by atoms with van der Waals surface area (Å²) in [6.07, 6.45) is 3.71. The van der Waals surface area contributed by atoms with E-state index >= 15 is 0 Å². The molecule has 0 spiro atoms. The molecule has 3 aromatic rings. The number of carbonyl (C=O) groups is 1. The average molecular weight is 328 g/mol. The van der Waals surface area contributed by atoms with E-state index in [4.69, 9.17) is 4.52 Å². The molecule has 0 unspecified atom stereocenters. The lowest BCUT2D eigenvalue weighted by Crippen LogP contribution is -2.14. The number of rotatable bonds is 5. The standard InChI is InChI=1S/C17H17FN4O2/c1-11-9-13(3-4-14(11)18)17-19-6-8-22(17)7-5-16(23)20-15-10-12(2)24-21-15/h3-4,6,8-10H,5,7H2,1-2H3,(H,20,21,23). The number of benzene rings is 1. The SMILES string of the molecule is Cc1cc(NC(=O)CCn2ccnc2-c2ccc(F)c(C)c2)no1. The summed E-state index contributed by atoms with van der Waals surface area (Å²) in [4.78, 5) is 16.3. The molecule has 0 radical (unpaired) electrons. The number of aromatic nitrogens is 3. The Hall–Kier alpha value is -2.96. The number of hydrogen-bond donors (Lipinski definition) is 1. The highest BCUT2D eigenvalue weighted by atomic mass is 19.1. The molecule has 1 N–H and O–H groups in total. The molecule has 1 amide bonds. The van der Waals surface area contributed by atoms with Gasteiger partial charge in [0.2, 0.25) is 5.91 Å². The molecule has 0 aliphatic rings. The molecule has 0 bridgehead atoms. The highest BCUT2D eigenvalue weighted by Crippen LogP contribution is 2.20. The van der Waals surface area contributed by atoms with Gasteiger partial charge in [-0.15, -0.1) is 0 Å². The van der Waals surface area contributed by atoms with Gasteiger partial charge in [0.05, 0.1) is 0 Å². The van der Waals surface area contributed by atoms with E-state index in [0.717, 1.165) is 5.56 Å². The number of amides is 1. The van der Waals surface area contributed by atoms with Crippen molar-refractivity contribution in [1.29, 1.82) is 0 Å². The minimum Gasteiger partial charge on any atom is -0.360 e. The van der Waals surface area contributed by atoms with Gasteiger partial charge in [-0.25, -0.2) is 9.37 Å². The zero-order valence-corrected chi connectivity index (χ0v) is 13.4. The van der Waals surface area contributed by atoms with Crippen LogP contribution in [0.2, 0.25) is 0 Å². The van der Waals surface area contributed by atoms with Gasteiger partial charge >= 0.3 is 0 Å². The van der Waals surface area contributed by atoms with Gasteiger partial charge in [-0.3, -0.25) is 4.79 Å². The maximum absolute atomic E-state index is 13.4. The molecule has 0 saturated heterocycles. The topological polar surface area (TPSA) is 73.0 Å². The van der Waals surface area contributed by atoms with Gasteiger partial charge in [-0.05, 0) is 37.6 Å². The number of carbonyl (C=O) groups excluding carboxylic acids is 1. The number of halogens is 1. The van der Waals surface area contributed by atoms with Crippen molar-refractivity contribution < 1.29 is 13.7 Å². The Morgan fingerprint density at radius 1 is 1.33 bits per heavy atom. The van der Waals surface area contributed by atoms with Gasteiger partial charge < -0.3 is 14.4 Å². The Balaban J connectivity index is 1.67. The fourth-order valence-electron chi connectivity index (χ4n) is 2.39. The van der Waals surface area contributed by atoms with Crippen LogP contribution in [0.15, 0.2) is 41.2 Å². The molecule has 0 aliphatic heterocycles. The molecule has 0 aliphatic carbocycles. The third-order valence-corrected chi connectivity index (χ3v) is 3.61. The van der Waals surface area contributed by atoms with E-state index in [0.29, 0.717) is 29.5 Å². The largest absolute Gasteiger partial charge is 0.360 e. The zero-order valence-electron chi connectivity index (χ0n) is 13.4. The molecule has 6 nitrogen and oxygen atoms in total. The van der Waals surface area contributed by atoms with E-state index in [2.05, 4.69) is 15.5 Å². The van der Waals surface area contributed by atoms with Gasteiger partial charge in [0.15, 0.2) is 5.82 Å². The molecule has 2 heterocycles. The first-order valence-electron chi connectivity index (χ1n) is 7.54. The first kappa shape index (κ1) is 15.9. The average Bonchev–Trinajstić information content (AvgIpc) is 3.17. The van der Waals surface area contributed by atoms with E-state index in [-0.39, 0.29) is 18.1 Å². The highest BCUT2D eigenvalue weighted by molar-refractivity contribution is 5.89. The maximum atomic E-state index is 13.4. The van der Waals surface area contributed by atoms with Crippen LogP contribution in [0.5, 0.6) is 0 Å². The summed E-state index contributed by atoms with van der Waals surface area (Å²) in [6.45, 7) is 3.92. The quantitative estimate of drug-likeness (QED) is 0.780. The first-order chi connectivity index (χ1) is 11.5. The van der Waals surface area contributed by atoms with Crippen LogP contribution in [0.3, 0.4) is 0 Å². The number of nitrogens with zero attached hydrogens (tertiary/aromatic N) is 3. The maximum Gasteiger partial charge on any atom is 0.227 e. The Kier molecular flexibility index (Phi) is 4.41. The third-order valence-electron chi connectivity index (χ3n) is 3.61. The van der Waals surface area contributed by atoms with Crippen molar-refractivity contribution in [2.75, 3.05) is 5.32 Å². The Labute approximate surface area is 138 Å². The summed E-state index contributed by atoms with van der Waals surface area (Å²) < 4.78 is 20.2. The molecule has 0 fully saturated rings. The second kappa shape index (κ2) is 6.66. The Bertz CT molecular complexity index is 869. The van der Waals surface area contributed by atoms with Crippen molar-refractivity contribution >= 4 is 11.7 Å². The van der Waals surface area contributed by atoms with Crippen LogP contribution in [0, 0.1) is 19.7 Å². The van der Waals surface area contributed by atoms with Gasteiger partial charge in [-0.2, -0.15) is 0 Å². The van der Waals surface area contributed by atoms with Crippen LogP contribution in [0.25, 0.3) is 11.4 Å². The van der Waals surface area contributed by atoms with Crippen molar-refractivity contribution in [3.63, 3.8) is 0 Å². The Morgan fingerprint density at radius 3 is 2.88 bits per heavy atom. The summed E-state index contributed by atoms with van der Waals surface area (Å²) in [5, 5.41) is 6.40. The smallest absolute Gasteiger partial charge is 0.227 e. The zero-order chi connectivity index (χ0) is 17.1. The van der Waals surface area contributed by atoms with E-state index in [9.17, 15) is 9.18 Å². The lowest BCUT2D eigenvalue weighted by atomic mass is 10.1. The molecular weight excluding hydrogens is 311 g/mol. The minimum absolute atomic E-state index is 0.168. The van der Waals surface area contributed by atoms with Crippen molar-refractivity contribution in [3.05, 3.63) is 53.8 Å². The fourth-order valence-corrected chi connectivity index (χ4v) is 2.39. The van der Waals surface area contributed by atoms with Crippen molar-refractivity contribution in [1.82, 2.24) is 14.7 Å². The van der Waals surface area contributed by atoms with Crippen molar-refractivity contribution in [2.24, 2.45) is 0 Å². The molecular formula is C17H17FN4O2. The van der Waals surface area contributed by atoms with E-state index in [1.807, 2.05) is 4.57 Å². The summed E-state index contributed by atoms with van der Waals surface area (Å²) in [7, 11) is 0. The van der Waals surface area contributed by atoms with E-state index in [1.165, 1.54) is 6.07 Å². The Morgan fingerprint density at radius 2 is 2.17 bits per heavy atom. The number of hydrogen-bond acceptors (Lipinski definition) is 4. The number of imidazole rings is 1. The summed E-state index contributed by atoms with van der Waals surface area (Å²) >= 11 is 0. The summed E-state index contributed by atoms with van der Waals surface area (Å²) in [5.74, 6) is 1.31. The molecule has 2 aromatic heterocycles. The predicted octanol–water partition coefficient (Wildman–Crippen LogP) is 3.32. The van der Waals surface area contributed by atoms with Crippen LogP contribution in [-0.2, 0) is 11.3 Å². The van der Waals surface area contributed by atoms with Crippen LogP contribution < -0.4 is 5.32 Å². The lowest BCUT2D eigenvalue weighted by molar-refractivity contribution is -0.116. The minimum atomic E-state index is -0.251. The second-order valence-corrected chi connectivity index (χ2v) is 5.53. The first-order valence-corrected chi connectivity index (χ1v) is 7.54. The molecule has 0 atom stereocenters. The molecule has 3 rings (SSSR count).